The minimum absolute atomic E-state index is 0. The van der Waals surface area contributed by atoms with Gasteiger partial charge in [-0.2, -0.15) is 0 Å². The Balaban J connectivity index is -0.000000245. The Kier molecular flexibility index (Phi) is 17.0. The van der Waals surface area contributed by atoms with Gasteiger partial charge in [-0.15, -0.1) is 0 Å². The Bertz CT molecular complexity index is 80.1. The smallest absolute Gasteiger partial charge is 0 e. The summed E-state index contributed by atoms with van der Waals surface area (Å²) in [6, 6.07) is 1.16. The summed E-state index contributed by atoms with van der Waals surface area (Å²) >= 11 is 0. The van der Waals surface area contributed by atoms with Crippen LogP contribution in [0, 0.1) is 13.5 Å². The fraction of sp³-hybridized carbons (Fsp3) is 0.667. The molecule has 10 heavy (non-hydrogen) atoms. The van der Waals surface area contributed by atoms with Gasteiger partial charge in [-0.25, -0.2) is 0 Å². The van der Waals surface area contributed by atoms with Crippen LogP contribution in [-0.2, 0) is 37.4 Å². The molecule has 0 saturated carbocycles. The monoisotopic (exact) mass is 216 g/mol. The number of nitrogens with zero attached hydrogens (tertiary/aromatic N) is 1. The molecule has 1 radical (unpaired) electrons. The molecule has 0 N–H and O–H groups in total. The van der Waals surface area contributed by atoms with E-state index in [0.29, 0.717) is 6.44 Å². The molecular weight excluding hydrogens is 202 g/mol. The molecule has 0 atom stereocenters. The van der Waals surface area contributed by atoms with Crippen molar-refractivity contribution in [3.05, 3.63) is 13.5 Å². The molecule has 0 aliphatic heterocycles. The van der Waals surface area contributed by atoms with Gasteiger partial charge < -0.3 is 7.43 Å². The first-order chi connectivity index (χ1) is 3.68. The second-order valence-electron chi connectivity index (χ2n) is 1.99. The summed E-state index contributed by atoms with van der Waals surface area (Å²) in [5.74, 6) is 0. The van der Waals surface area contributed by atoms with Crippen LogP contribution in [-0.4, -0.2) is 25.5 Å². The van der Waals surface area contributed by atoms with E-state index in [-0.39, 0.29) is 40.1 Å². The molecule has 0 aromatic rings. The number of rotatable bonds is 3. The minimum atomic E-state index is 0. The summed E-state index contributed by atoms with van der Waals surface area (Å²) in [5, 5.41) is 0. The van der Waals surface area contributed by atoms with Crippen LogP contribution in [0.2, 0.25) is 0 Å². The molecule has 0 saturated heterocycles. The normalized spacial score (nSPS) is 8.10. The average Bonchev–Trinajstić information content (AvgIpc) is 1.67. The van der Waals surface area contributed by atoms with E-state index in [0.717, 1.165) is 13.2 Å². The molecule has 57 valence electrons. The predicted molar refractivity (Wildman–Crippen MR) is 40.1 cm³/mol. The van der Waals surface area contributed by atoms with E-state index in [9.17, 15) is 4.70 Å². The van der Waals surface area contributed by atoms with Crippen LogP contribution in [0.3, 0.4) is 0 Å². The van der Waals surface area contributed by atoms with Gasteiger partial charge in [0.05, 0.1) is 0 Å². The zero-order chi connectivity index (χ0) is 6.57. The van der Waals surface area contributed by atoms with Gasteiger partial charge in [-0.3, -0.25) is 0 Å². The third-order valence-electron chi connectivity index (χ3n) is 1.11. The summed E-state index contributed by atoms with van der Waals surface area (Å²) < 4.78 is 9.86. The first-order valence-electron chi connectivity index (χ1n) is 2.63. The van der Waals surface area contributed by atoms with Crippen molar-refractivity contribution in [3.63, 3.8) is 0 Å². The Morgan fingerprint density at radius 3 is 2.00 bits per heavy atom. The van der Waals surface area contributed by atoms with Gasteiger partial charge in [0.25, 0.3) is 0 Å². The molecule has 0 aliphatic rings. The molecule has 0 spiro atoms. The van der Waals surface area contributed by atoms with E-state index in [1.807, 2.05) is 25.8 Å². The molecule has 0 aromatic carbocycles. The molecule has 0 unspecified atom stereocenters. The Hall–Kier alpha value is 0.929. The third kappa shape index (κ3) is 8.93. The summed E-state index contributed by atoms with van der Waals surface area (Å²) in [6.45, 7) is 3.95. The molecule has 0 bridgehead atoms. The van der Waals surface area contributed by atoms with E-state index in [1.165, 1.54) is 0 Å². The van der Waals surface area contributed by atoms with Crippen LogP contribution in [0.4, 0.5) is 0 Å². The Morgan fingerprint density at radius 2 is 1.90 bits per heavy atom. The maximum atomic E-state index is 9.86. The Morgan fingerprint density at radius 1 is 1.50 bits per heavy atom. The number of hydrogen-bond donors (Lipinski definition) is 0. The van der Waals surface area contributed by atoms with Gasteiger partial charge in [0.15, 0.2) is 0 Å². The van der Waals surface area contributed by atoms with E-state index < -0.39 is 0 Å². The van der Waals surface area contributed by atoms with Gasteiger partial charge in [0.1, 0.15) is 0 Å². The first kappa shape index (κ1) is 17.1. The zero-order valence-corrected chi connectivity index (χ0v) is 10.1. The third-order valence-corrected chi connectivity index (χ3v) is 1.11. The summed E-state index contributed by atoms with van der Waals surface area (Å²) in [4.78, 5) is 1.90. The summed E-state index contributed by atoms with van der Waals surface area (Å²) in [5.41, 5.74) is 0. The van der Waals surface area contributed by atoms with E-state index in [4.69, 9.17) is 0 Å². The Labute approximate surface area is 89.9 Å². The van der Waals surface area contributed by atoms with Gasteiger partial charge in [-0.1, -0.05) is 0 Å². The number of hydrogen-bond acceptors (Lipinski definition) is 2. The topological polar surface area (TPSA) is 20.3 Å². The maximum Gasteiger partial charge on any atom is 0 e. The molecule has 0 rings (SSSR count). The largest absolute Gasteiger partial charge is 0.358 e. The fourth-order valence-corrected chi connectivity index (χ4v) is 0.294. The SMILES string of the molecule is C[C-](C)N(C)CB=O.[CH3-].[Y]. The molecule has 0 fully saturated rings. The van der Waals surface area contributed by atoms with Crippen LogP contribution in [0.25, 0.3) is 0 Å². The molecule has 2 nitrogen and oxygen atoms in total. The van der Waals surface area contributed by atoms with Crippen LogP contribution in [0.15, 0.2) is 0 Å². The van der Waals surface area contributed by atoms with Crippen LogP contribution >= 0.6 is 0 Å². The molecule has 0 aromatic heterocycles. The summed E-state index contributed by atoms with van der Waals surface area (Å²) in [6.07, 6.45) is 0.502. The van der Waals surface area contributed by atoms with Crippen molar-refractivity contribution < 1.29 is 37.4 Å². The standard InChI is InChI=1S/C5H11BNO.CH3.Y/c1-5(2)7(3)4-6-8;;/h4H2,1-3H3;1H3;/q2*-1;. The first-order valence-corrected chi connectivity index (χ1v) is 2.63. The van der Waals surface area contributed by atoms with Crippen molar-refractivity contribution in [3.8, 4) is 0 Å². The van der Waals surface area contributed by atoms with Gasteiger partial charge in [0.2, 0.25) is 0 Å². The van der Waals surface area contributed by atoms with Crippen molar-refractivity contribution in [1.82, 2.24) is 4.90 Å². The molecule has 0 heterocycles. The van der Waals surface area contributed by atoms with Crippen molar-refractivity contribution >= 4 is 7.15 Å². The van der Waals surface area contributed by atoms with Crippen LogP contribution < -0.4 is 0 Å². The summed E-state index contributed by atoms with van der Waals surface area (Å²) in [7, 11) is 2.79. The average molecular weight is 216 g/mol. The second-order valence-corrected chi connectivity index (χ2v) is 1.99. The van der Waals surface area contributed by atoms with Crippen molar-refractivity contribution in [2.45, 2.75) is 13.8 Å². The minimum Gasteiger partial charge on any atom is -0.358 e. The van der Waals surface area contributed by atoms with Gasteiger partial charge in [0, 0.05) is 32.7 Å². The van der Waals surface area contributed by atoms with Crippen LogP contribution in [0.5, 0.6) is 0 Å². The molecular formula is C6H14BNOY-2. The molecule has 4 heteroatoms. The van der Waals surface area contributed by atoms with E-state index in [1.54, 1.807) is 0 Å². The van der Waals surface area contributed by atoms with E-state index >= 15 is 0 Å². The molecule has 0 aliphatic carbocycles. The van der Waals surface area contributed by atoms with Crippen molar-refractivity contribution in [1.29, 1.82) is 0 Å². The van der Waals surface area contributed by atoms with Crippen LogP contribution in [0.1, 0.15) is 13.8 Å². The fourth-order valence-electron chi connectivity index (χ4n) is 0.294. The van der Waals surface area contributed by atoms with Crippen molar-refractivity contribution in [2.75, 3.05) is 13.5 Å². The van der Waals surface area contributed by atoms with E-state index in [2.05, 4.69) is 0 Å². The quantitative estimate of drug-likeness (QED) is 0.516. The maximum absolute atomic E-state index is 9.86. The second kappa shape index (κ2) is 9.93. The van der Waals surface area contributed by atoms with Crippen molar-refractivity contribution in [2.24, 2.45) is 0 Å². The molecule has 0 amide bonds. The predicted octanol–water partition coefficient (Wildman–Crippen LogP) is 0.945. The zero-order valence-electron chi connectivity index (χ0n) is 7.22. The van der Waals surface area contributed by atoms with Gasteiger partial charge in [-0.05, 0) is 0 Å². The van der Waals surface area contributed by atoms with Gasteiger partial charge >= 0.3 is 50.1 Å².